The van der Waals surface area contributed by atoms with Gasteiger partial charge < -0.3 is 5.73 Å². The zero-order valence-corrected chi connectivity index (χ0v) is 10.8. The van der Waals surface area contributed by atoms with Crippen LogP contribution in [0.25, 0.3) is 11.1 Å². The lowest BCUT2D eigenvalue weighted by atomic mass is 9.98. The molecule has 2 rings (SSSR count). The summed E-state index contributed by atoms with van der Waals surface area (Å²) in [6.07, 6.45) is 0. The van der Waals surface area contributed by atoms with Crippen molar-refractivity contribution in [3.63, 3.8) is 0 Å². The van der Waals surface area contributed by atoms with Gasteiger partial charge in [0.2, 0.25) is 0 Å². The van der Waals surface area contributed by atoms with E-state index in [2.05, 4.69) is 47.4 Å². The second-order valence-electron chi connectivity index (χ2n) is 4.06. The number of hydrogen-bond acceptors (Lipinski definition) is 1. The van der Waals surface area contributed by atoms with Gasteiger partial charge in [0.05, 0.1) is 0 Å². The minimum absolute atomic E-state index is 0.884. The van der Waals surface area contributed by atoms with E-state index in [1.54, 1.807) is 0 Å². The van der Waals surface area contributed by atoms with E-state index in [0.29, 0.717) is 0 Å². The smallest absolute Gasteiger partial charge is 0.0426 e. The number of benzene rings is 2. The Morgan fingerprint density at radius 3 is 2.31 bits per heavy atom. The Labute approximate surface area is 98.9 Å². The van der Waals surface area contributed by atoms with Crippen LogP contribution < -0.4 is 11.0 Å². The molecule has 16 heavy (non-hydrogen) atoms. The first-order valence-corrected chi connectivity index (χ1v) is 5.89. The van der Waals surface area contributed by atoms with E-state index >= 15 is 0 Å². The lowest BCUT2D eigenvalue weighted by Gasteiger charge is -2.12. The summed E-state index contributed by atoms with van der Waals surface area (Å²) in [4.78, 5) is 0. The Bertz CT molecular complexity index is 532. The van der Waals surface area contributed by atoms with E-state index < -0.39 is 0 Å². The topological polar surface area (TPSA) is 26.0 Å². The van der Waals surface area contributed by atoms with Crippen LogP contribution in [0.5, 0.6) is 0 Å². The molecule has 0 fully saturated rings. The lowest BCUT2D eigenvalue weighted by Crippen LogP contribution is -2.01. The predicted molar refractivity (Wildman–Crippen MR) is 75.1 cm³/mol. The van der Waals surface area contributed by atoms with Gasteiger partial charge in [-0.3, -0.25) is 0 Å². The molecule has 1 atom stereocenters. The molecule has 82 valence electrons. The normalized spacial score (nSPS) is 10.4. The van der Waals surface area contributed by atoms with Crippen molar-refractivity contribution in [1.29, 1.82) is 0 Å². The summed E-state index contributed by atoms with van der Waals surface area (Å²) in [6.45, 7) is 4.15. The van der Waals surface area contributed by atoms with Crippen LogP contribution in [0.3, 0.4) is 0 Å². The van der Waals surface area contributed by atoms with E-state index in [1.165, 1.54) is 22.0 Å². The molecule has 0 amide bonds. The average Bonchev–Trinajstić information content (AvgIpc) is 2.28. The maximum Gasteiger partial charge on any atom is 0.0426 e. The summed E-state index contributed by atoms with van der Waals surface area (Å²) < 4.78 is 0. The fourth-order valence-corrected chi connectivity index (χ4v) is 2.18. The Morgan fingerprint density at radius 1 is 0.938 bits per heavy atom. The molecule has 2 aromatic carbocycles. The molecule has 0 aliphatic carbocycles. The SMILES string of the molecule is Cc1ccc(-c2ccccc2P)c(N)c1C. The minimum atomic E-state index is 0.884. The first-order valence-electron chi connectivity index (χ1n) is 5.32. The molecule has 2 N–H and O–H groups in total. The van der Waals surface area contributed by atoms with E-state index in [9.17, 15) is 0 Å². The molecule has 0 aliphatic heterocycles. The van der Waals surface area contributed by atoms with Crippen molar-refractivity contribution >= 4 is 20.2 Å². The maximum absolute atomic E-state index is 6.18. The average molecular weight is 229 g/mol. The molecule has 0 aliphatic rings. The Hall–Kier alpha value is -1.33. The third kappa shape index (κ3) is 1.83. The molecule has 0 spiro atoms. The van der Waals surface area contributed by atoms with Crippen LogP contribution >= 0.6 is 9.24 Å². The predicted octanol–water partition coefficient (Wildman–Crippen LogP) is 3.05. The molecular formula is C14H16NP. The van der Waals surface area contributed by atoms with E-state index in [-0.39, 0.29) is 0 Å². The van der Waals surface area contributed by atoms with Crippen molar-refractivity contribution in [3.05, 3.63) is 47.5 Å². The Balaban J connectivity index is 2.66. The minimum Gasteiger partial charge on any atom is -0.398 e. The van der Waals surface area contributed by atoms with Gasteiger partial charge in [0.1, 0.15) is 0 Å². The Morgan fingerprint density at radius 2 is 1.62 bits per heavy atom. The van der Waals surface area contributed by atoms with E-state index in [1.807, 2.05) is 12.1 Å². The number of anilines is 1. The van der Waals surface area contributed by atoms with Crippen LogP contribution in [0.4, 0.5) is 5.69 Å². The van der Waals surface area contributed by atoms with Gasteiger partial charge in [0.15, 0.2) is 0 Å². The van der Waals surface area contributed by atoms with E-state index in [4.69, 9.17) is 5.73 Å². The monoisotopic (exact) mass is 229 g/mol. The molecule has 2 aromatic rings. The highest BCUT2D eigenvalue weighted by Crippen LogP contribution is 2.29. The van der Waals surface area contributed by atoms with Gasteiger partial charge in [0, 0.05) is 11.3 Å². The van der Waals surface area contributed by atoms with Gasteiger partial charge in [-0.1, -0.05) is 36.4 Å². The summed E-state index contributed by atoms with van der Waals surface area (Å²) in [6, 6.07) is 12.5. The summed E-state index contributed by atoms with van der Waals surface area (Å²) in [5.74, 6) is 0. The van der Waals surface area contributed by atoms with Gasteiger partial charge in [-0.25, -0.2) is 0 Å². The van der Waals surface area contributed by atoms with Gasteiger partial charge >= 0.3 is 0 Å². The quantitative estimate of drug-likeness (QED) is 0.590. The van der Waals surface area contributed by atoms with Gasteiger partial charge in [0.25, 0.3) is 0 Å². The summed E-state index contributed by atoms with van der Waals surface area (Å²) in [5, 5.41) is 1.18. The van der Waals surface area contributed by atoms with Crippen LogP contribution in [0.15, 0.2) is 36.4 Å². The molecule has 1 unspecified atom stereocenters. The summed E-state index contributed by atoms with van der Waals surface area (Å²) >= 11 is 0. The van der Waals surface area contributed by atoms with Crippen molar-refractivity contribution in [2.24, 2.45) is 0 Å². The van der Waals surface area contributed by atoms with Crippen LogP contribution in [-0.2, 0) is 0 Å². The van der Waals surface area contributed by atoms with Gasteiger partial charge in [-0.15, -0.1) is 9.24 Å². The number of hydrogen-bond donors (Lipinski definition) is 1. The third-order valence-corrected chi connectivity index (χ3v) is 3.54. The van der Waals surface area contributed by atoms with Crippen molar-refractivity contribution in [3.8, 4) is 11.1 Å². The second kappa shape index (κ2) is 4.27. The lowest BCUT2D eigenvalue weighted by molar-refractivity contribution is 1.35. The van der Waals surface area contributed by atoms with Crippen LogP contribution in [0, 0.1) is 13.8 Å². The molecule has 0 radical (unpaired) electrons. The molecule has 0 saturated carbocycles. The van der Waals surface area contributed by atoms with Crippen molar-refractivity contribution in [2.45, 2.75) is 13.8 Å². The molecule has 0 heterocycles. The van der Waals surface area contributed by atoms with Crippen molar-refractivity contribution in [1.82, 2.24) is 0 Å². The first kappa shape index (κ1) is 11.2. The zero-order chi connectivity index (χ0) is 11.7. The van der Waals surface area contributed by atoms with Crippen molar-refractivity contribution < 1.29 is 0 Å². The van der Waals surface area contributed by atoms with E-state index in [0.717, 1.165) is 11.3 Å². The largest absolute Gasteiger partial charge is 0.398 e. The van der Waals surface area contributed by atoms with Crippen LogP contribution in [0.2, 0.25) is 0 Å². The van der Waals surface area contributed by atoms with Crippen molar-refractivity contribution in [2.75, 3.05) is 5.73 Å². The highest BCUT2D eigenvalue weighted by molar-refractivity contribution is 7.28. The maximum atomic E-state index is 6.18. The molecule has 0 aromatic heterocycles. The number of aryl methyl sites for hydroxylation is 1. The zero-order valence-electron chi connectivity index (χ0n) is 9.62. The molecule has 1 nitrogen and oxygen atoms in total. The fourth-order valence-electron chi connectivity index (χ4n) is 1.81. The van der Waals surface area contributed by atoms with Crippen LogP contribution in [0.1, 0.15) is 11.1 Å². The second-order valence-corrected chi connectivity index (χ2v) is 4.68. The Kier molecular flexibility index (Phi) is 2.98. The third-order valence-electron chi connectivity index (χ3n) is 3.04. The molecule has 2 heteroatoms. The first-order chi connectivity index (χ1) is 7.61. The fraction of sp³-hybridized carbons (Fsp3) is 0.143. The molecule has 0 bridgehead atoms. The van der Waals surface area contributed by atoms with Gasteiger partial charge in [-0.2, -0.15) is 0 Å². The summed E-state index contributed by atoms with van der Waals surface area (Å²) in [7, 11) is 2.75. The number of nitrogen functional groups attached to an aromatic ring is 1. The highest BCUT2D eigenvalue weighted by atomic mass is 31.0. The number of nitrogens with two attached hydrogens (primary N) is 1. The standard InChI is InChI=1S/C14H16NP/c1-9-7-8-12(14(15)10(9)2)11-5-3-4-6-13(11)16/h3-8H,15-16H2,1-2H3. The summed E-state index contributed by atoms with van der Waals surface area (Å²) in [5.41, 5.74) is 11.8. The highest BCUT2D eigenvalue weighted by Gasteiger charge is 2.08. The number of rotatable bonds is 1. The molecule has 0 saturated heterocycles. The van der Waals surface area contributed by atoms with Gasteiger partial charge in [-0.05, 0) is 35.8 Å². The van der Waals surface area contributed by atoms with Crippen LogP contribution in [-0.4, -0.2) is 0 Å². The molecular weight excluding hydrogens is 213 g/mol.